The Labute approximate surface area is 243 Å². The molecule has 9 rings (SSSR count). The first kappa shape index (κ1) is 23.4. The van der Waals surface area contributed by atoms with Crippen molar-refractivity contribution in [1.29, 1.82) is 0 Å². The molecule has 0 saturated carbocycles. The third-order valence-electron chi connectivity index (χ3n) is 9.17. The zero-order valence-corrected chi connectivity index (χ0v) is 23.5. The summed E-state index contributed by atoms with van der Waals surface area (Å²) in [5, 5.41) is 6.27. The van der Waals surface area contributed by atoms with E-state index in [1.54, 1.807) is 0 Å². The molecule has 0 aliphatic carbocycles. The van der Waals surface area contributed by atoms with Gasteiger partial charge in [-0.1, -0.05) is 111 Å². The SMILES string of the molecule is CC1(C)c2cc(-c3nc(-c4ccccc4)c4ccccc4n3)ccc2-n2c3ccc4ccccc4c3c3cccc1c32. The van der Waals surface area contributed by atoms with Gasteiger partial charge in [0.1, 0.15) is 0 Å². The first-order chi connectivity index (χ1) is 20.6. The molecule has 0 amide bonds. The van der Waals surface area contributed by atoms with Gasteiger partial charge in [0, 0.05) is 32.7 Å². The zero-order chi connectivity index (χ0) is 28.0. The molecule has 1 aliphatic heterocycles. The van der Waals surface area contributed by atoms with Crippen LogP contribution in [0.2, 0.25) is 0 Å². The molecule has 3 heteroatoms. The molecule has 0 unspecified atom stereocenters. The van der Waals surface area contributed by atoms with Crippen LogP contribution in [0.3, 0.4) is 0 Å². The van der Waals surface area contributed by atoms with Gasteiger partial charge in [-0.3, -0.25) is 0 Å². The molecule has 0 atom stereocenters. The molecule has 1 aliphatic rings. The van der Waals surface area contributed by atoms with Crippen molar-refractivity contribution in [2.24, 2.45) is 0 Å². The maximum atomic E-state index is 5.18. The maximum Gasteiger partial charge on any atom is 0.160 e. The predicted octanol–water partition coefficient (Wildman–Crippen LogP) is 9.85. The molecule has 0 N–H and O–H groups in total. The van der Waals surface area contributed by atoms with E-state index >= 15 is 0 Å². The Hall–Kier alpha value is -5.28. The molecule has 0 radical (unpaired) electrons. The summed E-state index contributed by atoms with van der Waals surface area (Å²) in [4.78, 5) is 10.2. The van der Waals surface area contributed by atoms with Crippen molar-refractivity contribution in [3.63, 3.8) is 0 Å². The second kappa shape index (κ2) is 8.37. The van der Waals surface area contributed by atoms with Crippen LogP contribution in [-0.2, 0) is 5.41 Å². The molecular weight excluding hydrogens is 510 g/mol. The molecular formula is C39H27N3. The van der Waals surface area contributed by atoms with Crippen LogP contribution in [0.1, 0.15) is 25.0 Å². The summed E-state index contributed by atoms with van der Waals surface area (Å²) in [7, 11) is 0. The van der Waals surface area contributed by atoms with Crippen molar-refractivity contribution in [3.05, 3.63) is 139 Å². The van der Waals surface area contributed by atoms with Crippen LogP contribution in [0.25, 0.3) is 71.8 Å². The second-order valence-electron chi connectivity index (χ2n) is 11.9. The Morgan fingerprint density at radius 1 is 0.571 bits per heavy atom. The van der Waals surface area contributed by atoms with Crippen molar-refractivity contribution < 1.29 is 0 Å². The van der Waals surface area contributed by atoms with E-state index in [1.165, 1.54) is 49.4 Å². The number of benzene rings is 6. The van der Waals surface area contributed by atoms with Crippen molar-refractivity contribution in [2.75, 3.05) is 0 Å². The first-order valence-electron chi connectivity index (χ1n) is 14.5. The number of hydrogen-bond donors (Lipinski definition) is 0. The van der Waals surface area contributed by atoms with E-state index < -0.39 is 0 Å². The highest BCUT2D eigenvalue weighted by molar-refractivity contribution is 6.22. The van der Waals surface area contributed by atoms with Crippen LogP contribution in [0.15, 0.2) is 127 Å². The van der Waals surface area contributed by atoms with Crippen LogP contribution in [0.5, 0.6) is 0 Å². The predicted molar refractivity (Wildman–Crippen MR) is 174 cm³/mol. The molecule has 2 aromatic heterocycles. The van der Waals surface area contributed by atoms with Crippen molar-refractivity contribution in [3.8, 4) is 28.3 Å². The van der Waals surface area contributed by atoms with Crippen LogP contribution in [0.4, 0.5) is 0 Å². The van der Waals surface area contributed by atoms with Crippen LogP contribution >= 0.6 is 0 Å². The molecule has 0 spiro atoms. The molecule has 6 aromatic carbocycles. The van der Waals surface area contributed by atoms with E-state index in [4.69, 9.17) is 9.97 Å². The summed E-state index contributed by atoms with van der Waals surface area (Å²) < 4.78 is 2.48. The van der Waals surface area contributed by atoms with Crippen LogP contribution in [0, 0.1) is 0 Å². The van der Waals surface area contributed by atoms with Gasteiger partial charge in [-0.05, 0) is 52.2 Å². The summed E-state index contributed by atoms with van der Waals surface area (Å²) in [6, 6.07) is 45.6. The topological polar surface area (TPSA) is 30.7 Å². The molecule has 0 saturated heterocycles. The van der Waals surface area contributed by atoms with E-state index in [1.807, 2.05) is 12.1 Å². The van der Waals surface area contributed by atoms with E-state index in [0.29, 0.717) is 0 Å². The number of para-hydroxylation sites is 2. The highest BCUT2D eigenvalue weighted by Crippen LogP contribution is 2.49. The Morgan fingerprint density at radius 2 is 1.33 bits per heavy atom. The lowest BCUT2D eigenvalue weighted by molar-refractivity contribution is 0.630. The fraction of sp³-hybridized carbons (Fsp3) is 0.0769. The molecule has 42 heavy (non-hydrogen) atoms. The highest BCUT2D eigenvalue weighted by Gasteiger charge is 2.35. The van der Waals surface area contributed by atoms with E-state index in [2.05, 4.69) is 134 Å². The third kappa shape index (κ3) is 3.11. The molecule has 3 heterocycles. The number of hydrogen-bond acceptors (Lipinski definition) is 2. The third-order valence-corrected chi connectivity index (χ3v) is 9.17. The Bertz CT molecular complexity index is 2380. The summed E-state index contributed by atoms with van der Waals surface area (Å²) >= 11 is 0. The smallest absolute Gasteiger partial charge is 0.160 e. The van der Waals surface area contributed by atoms with Crippen molar-refractivity contribution in [2.45, 2.75) is 19.3 Å². The van der Waals surface area contributed by atoms with Crippen LogP contribution in [-0.4, -0.2) is 14.5 Å². The van der Waals surface area contributed by atoms with Gasteiger partial charge < -0.3 is 4.57 Å². The lowest BCUT2D eigenvalue weighted by Gasteiger charge is -2.35. The lowest BCUT2D eigenvalue weighted by Crippen LogP contribution is -2.26. The number of nitrogens with zero attached hydrogens (tertiary/aromatic N) is 3. The minimum Gasteiger partial charge on any atom is -0.309 e. The zero-order valence-electron chi connectivity index (χ0n) is 23.5. The van der Waals surface area contributed by atoms with Gasteiger partial charge in [-0.15, -0.1) is 0 Å². The van der Waals surface area contributed by atoms with Gasteiger partial charge in [-0.2, -0.15) is 0 Å². The average molecular weight is 538 g/mol. The number of aromatic nitrogens is 3. The van der Waals surface area contributed by atoms with E-state index in [-0.39, 0.29) is 5.41 Å². The monoisotopic (exact) mass is 537 g/mol. The number of fused-ring (bicyclic) bond motifs is 8. The summed E-state index contributed by atoms with van der Waals surface area (Å²) in [5.41, 5.74) is 10.2. The second-order valence-corrected chi connectivity index (χ2v) is 11.9. The van der Waals surface area contributed by atoms with Gasteiger partial charge in [0.05, 0.1) is 27.9 Å². The quantitative estimate of drug-likeness (QED) is 0.220. The Morgan fingerprint density at radius 3 is 2.21 bits per heavy atom. The Kier molecular flexibility index (Phi) is 4.67. The molecule has 8 aromatic rings. The minimum absolute atomic E-state index is 0.204. The summed E-state index contributed by atoms with van der Waals surface area (Å²) in [5.74, 6) is 0.749. The minimum atomic E-state index is -0.204. The van der Waals surface area contributed by atoms with Gasteiger partial charge >= 0.3 is 0 Å². The fourth-order valence-electron chi connectivity index (χ4n) is 7.13. The van der Waals surface area contributed by atoms with E-state index in [0.717, 1.165) is 33.5 Å². The van der Waals surface area contributed by atoms with Crippen molar-refractivity contribution >= 4 is 43.5 Å². The largest absolute Gasteiger partial charge is 0.309 e. The summed E-state index contributed by atoms with van der Waals surface area (Å²) in [6.07, 6.45) is 0. The molecule has 0 bridgehead atoms. The van der Waals surface area contributed by atoms with Gasteiger partial charge in [-0.25, -0.2) is 9.97 Å². The first-order valence-corrected chi connectivity index (χ1v) is 14.5. The molecule has 198 valence electrons. The van der Waals surface area contributed by atoms with Gasteiger partial charge in [0.25, 0.3) is 0 Å². The normalized spacial score (nSPS) is 13.7. The van der Waals surface area contributed by atoms with Crippen molar-refractivity contribution in [1.82, 2.24) is 14.5 Å². The van der Waals surface area contributed by atoms with E-state index in [9.17, 15) is 0 Å². The fourth-order valence-corrected chi connectivity index (χ4v) is 7.13. The summed E-state index contributed by atoms with van der Waals surface area (Å²) in [6.45, 7) is 4.70. The Balaban J connectivity index is 1.33. The lowest BCUT2D eigenvalue weighted by atomic mass is 9.74. The van der Waals surface area contributed by atoms with Gasteiger partial charge in [0.2, 0.25) is 0 Å². The average Bonchev–Trinajstić information content (AvgIpc) is 3.39. The highest BCUT2D eigenvalue weighted by atomic mass is 15.0. The van der Waals surface area contributed by atoms with Gasteiger partial charge in [0.15, 0.2) is 5.82 Å². The maximum absolute atomic E-state index is 5.18. The number of rotatable bonds is 2. The molecule has 3 nitrogen and oxygen atoms in total. The standard InChI is InChI=1S/C39H27N3/c1-39(2)30-17-10-16-29-35-27-14-7-6-11-24(27)19-22-34(35)42(37(29)30)33-21-20-26(23-31(33)39)38-40-32-18-9-8-15-28(32)36(41-38)25-12-4-3-5-13-25/h3-23H,1-2H3. The van der Waals surface area contributed by atoms with Crippen LogP contribution < -0.4 is 0 Å². The molecule has 0 fully saturated rings.